The monoisotopic (exact) mass is 318 g/mol. The zero-order valence-corrected chi connectivity index (χ0v) is 12.2. The number of nitro groups is 1. The lowest BCUT2D eigenvalue weighted by atomic mass is 10.2. The summed E-state index contributed by atoms with van der Waals surface area (Å²) in [5.41, 5.74) is 1.33. The third-order valence-corrected chi connectivity index (χ3v) is 2.88. The molecule has 1 heterocycles. The number of amides is 1. The second-order valence-corrected chi connectivity index (χ2v) is 4.51. The molecule has 0 radical (unpaired) electrons. The molecule has 1 amide bonds. The molecule has 0 aliphatic rings. The van der Waals surface area contributed by atoms with Gasteiger partial charge >= 0.3 is 5.88 Å². The number of hydrogen-bond acceptors (Lipinski definition) is 6. The first-order valence-corrected chi connectivity index (χ1v) is 6.57. The maximum absolute atomic E-state index is 11.8. The van der Waals surface area contributed by atoms with Gasteiger partial charge in [-0.05, 0) is 42.8 Å². The van der Waals surface area contributed by atoms with Crippen LogP contribution in [0, 0.1) is 17.0 Å². The van der Waals surface area contributed by atoms with Gasteiger partial charge in [-0.1, -0.05) is 0 Å². The van der Waals surface area contributed by atoms with Crippen molar-refractivity contribution in [1.82, 2.24) is 0 Å². The van der Waals surface area contributed by atoms with E-state index >= 15 is 0 Å². The number of aryl methyl sites for hydroxylation is 1. The summed E-state index contributed by atoms with van der Waals surface area (Å²) in [7, 11) is 0. The van der Waals surface area contributed by atoms with Gasteiger partial charge < -0.3 is 19.6 Å². The Kier molecular flexibility index (Phi) is 5.11. The molecule has 0 saturated heterocycles. The fourth-order valence-corrected chi connectivity index (χ4v) is 1.80. The molecule has 0 fully saturated rings. The van der Waals surface area contributed by atoms with Crippen molar-refractivity contribution in [3.8, 4) is 5.75 Å². The summed E-state index contributed by atoms with van der Waals surface area (Å²) in [6, 6.07) is 7.53. The Labute approximate surface area is 131 Å². The molecule has 2 rings (SSSR count). The summed E-state index contributed by atoms with van der Waals surface area (Å²) in [5, 5.41) is 21.8. The predicted octanol–water partition coefficient (Wildman–Crippen LogP) is 2.48. The smallest absolute Gasteiger partial charge is 0.433 e. The quantitative estimate of drug-likeness (QED) is 0.366. The maximum Gasteiger partial charge on any atom is 0.433 e. The normalized spacial score (nSPS) is 10.7. The van der Waals surface area contributed by atoms with Gasteiger partial charge in [0.15, 0.2) is 6.79 Å². The Balaban J connectivity index is 2.01. The molecule has 0 aliphatic heterocycles. The Morgan fingerprint density at radius 1 is 1.43 bits per heavy atom. The van der Waals surface area contributed by atoms with E-state index in [0.29, 0.717) is 11.4 Å². The van der Waals surface area contributed by atoms with Crippen LogP contribution in [-0.2, 0) is 4.79 Å². The van der Waals surface area contributed by atoms with Crippen molar-refractivity contribution in [1.29, 1.82) is 0 Å². The van der Waals surface area contributed by atoms with Gasteiger partial charge in [-0.15, -0.1) is 0 Å². The van der Waals surface area contributed by atoms with E-state index in [2.05, 4.69) is 5.32 Å². The summed E-state index contributed by atoms with van der Waals surface area (Å²) in [5.74, 6) is -0.111. The molecule has 1 aromatic carbocycles. The molecule has 0 saturated carbocycles. The molecule has 1 aromatic heterocycles. The van der Waals surface area contributed by atoms with Crippen molar-refractivity contribution < 1.29 is 24.0 Å². The van der Waals surface area contributed by atoms with Crippen molar-refractivity contribution >= 4 is 23.6 Å². The number of aliphatic hydroxyl groups excluding tert-OH is 1. The van der Waals surface area contributed by atoms with E-state index in [4.69, 9.17) is 14.3 Å². The van der Waals surface area contributed by atoms with Crippen molar-refractivity contribution in [2.75, 3.05) is 12.1 Å². The van der Waals surface area contributed by atoms with E-state index in [1.54, 1.807) is 25.1 Å². The minimum Gasteiger partial charge on any atom is -0.468 e. The van der Waals surface area contributed by atoms with Gasteiger partial charge in [-0.25, -0.2) is 0 Å². The van der Waals surface area contributed by atoms with Crippen LogP contribution in [0.5, 0.6) is 5.75 Å². The molecule has 2 aromatic rings. The highest BCUT2D eigenvalue weighted by Crippen LogP contribution is 2.21. The number of rotatable bonds is 6. The largest absolute Gasteiger partial charge is 0.468 e. The minimum atomic E-state index is -0.656. The van der Waals surface area contributed by atoms with Gasteiger partial charge in [0.2, 0.25) is 5.91 Å². The highest BCUT2D eigenvalue weighted by molar-refractivity contribution is 6.02. The van der Waals surface area contributed by atoms with Gasteiger partial charge in [0.1, 0.15) is 16.4 Å². The number of benzene rings is 1. The molecule has 0 atom stereocenters. The van der Waals surface area contributed by atoms with Gasteiger partial charge in [-0.2, -0.15) is 0 Å². The molecule has 0 unspecified atom stereocenters. The fourth-order valence-electron chi connectivity index (χ4n) is 1.80. The average Bonchev–Trinajstić information content (AvgIpc) is 2.97. The van der Waals surface area contributed by atoms with Crippen molar-refractivity contribution in [3.63, 3.8) is 0 Å². The molecule has 0 spiro atoms. The van der Waals surface area contributed by atoms with Crippen LogP contribution in [0.4, 0.5) is 11.6 Å². The number of nitrogens with zero attached hydrogens (tertiary/aromatic N) is 1. The number of anilines is 1. The molecule has 8 nitrogen and oxygen atoms in total. The molecule has 23 heavy (non-hydrogen) atoms. The van der Waals surface area contributed by atoms with Crippen molar-refractivity contribution in [2.24, 2.45) is 0 Å². The molecule has 120 valence electrons. The van der Waals surface area contributed by atoms with Crippen molar-refractivity contribution in [2.45, 2.75) is 6.92 Å². The molecule has 8 heteroatoms. The molecule has 0 bridgehead atoms. The zero-order valence-electron chi connectivity index (χ0n) is 12.2. The molecule has 2 N–H and O–H groups in total. The van der Waals surface area contributed by atoms with Crippen LogP contribution in [-0.4, -0.2) is 22.7 Å². The predicted molar refractivity (Wildman–Crippen MR) is 81.9 cm³/mol. The van der Waals surface area contributed by atoms with Crippen LogP contribution in [0.1, 0.15) is 11.3 Å². The van der Waals surface area contributed by atoms with E-state index in [9.17, 15) is 14.9 Å². The minimum absolute atomic E-state index is 0.204. The molecular weight excluding hydrogens is 304 g/mol. The van der Waals surface area contributed by atoms with Gasteiger partial charge in [-0.3, -0.25) is 14.9 Å². The molecular formula is C15H14N2O6. The van der Waals surface area contributed by atoms with Gasteiger partial charge in [0.25, 0.3) is 0 Å². The van der Waals surface area contributed by atoms with Crippen LogP contribution < -0.4 is 10.1 Å². The highest BCUT2D eigenvalue weighted by Gasteiger charge is 2.10. The number of carbonyl (C=O) groups excluding carboxylic acids is 1. The number of ether oxygens (including phenoxy) is 1. The number of carbonyl (C=O) groups is 1. The third kappa shape index (κ3) is 4.42. The topological polar surface area (TPSA) is 115 Å². The molecule has 0 aliphatic carbocycles. The Bertz CT molecular complexity index is 750. The first kappa shape index (κ1) is 16.2. The second kappa shape index (κ2) is 7.23. The van der Waals surface area contributed by atoms with Gasteiger partial charge in [0.05, 0.1) is 6.07 Å². The summed E-state index contributed by atoms with van der Waals surface area (Å²) in [4.78, 5) is 21.7. The highest BCUT2D eigenvalue weighted by atomic mass is 16.6. The van der Waals surface area contributed by atoms with Crippen LogP contribution in [0.25, 0.3) is 6.08 Å². The lowest BCUT2D eigenvalue weighted by Crippen LogP contribution is -2.09. The number of hydrogen-bond donors (Lipinski definition) is 2. The summed E-state index contributed by atoms with van der Waals surface area (Å²) >= 11 is 0. The lowest BCUT2D eigenvalue weighted by Gasteiger charge is -2.08. The standard InChI is InChI=1S/C15H14N2O6/c1-10-8-12(22-9-18)2-5-13(10)16-14(19)6-3-11-4-7-15(23-11)17(20)21/h2-8,18H,9H2,1H3,(H,16,19). The lowest BCUT2D eigenvalue weighted by molar-refractivity contribution is -0.402. The number of furan rings is 1. The zero-order chi connectivity index (χ0) is 16.8. The van der Waals surface area contributed by atoms with E-state index in [1.807, 2.05) is 0 Å². The maximum atomic E-state index is 11.8. The first-order valence-electron chi connectivity index (χ1n) is 6.57. The van der Waals surface area contributed by atoms with E-state index < -0.39 is 17.6 Å². The van der Waals surface area contributed by atoms with Crippen LogP contribution in [0.15, 0.2) is 40.8 Å². The summed E-state index contributed by atoms with van der Waals surface area (Å²) in [6.07, 6.45) is 2.54. The SMILES string of the molecule is Cc1cc(OCO)ccc1NC(=O)C=Cc1ccc([N+](=O)[O-])o1. The van der Waals surface area contributed by atoms with E-state index in [-0.39, 0.29) is 11.6 Å². The van der Waals surface area contributed by atoms with Crippen molar-refractivity contribution in [3.05, 3.63) is 57.8 Å². The van der Waals surface area contributed by atoms with E-state index in [0.717, 1.165) is 5.56 Å². The Hall–Kier alpha value is -3.13. The van der Waals surface area contributed by atoms with E-state index in [1.165, 1.54) is 24.3 Å². The summed E-state index contributed by atoms with van der Waals surface area (Å²) in [6.45, 7) is 1.35. The number of aliphatic hydroxyl groups is 1. The number of nitrogens with one attached hydrogen (secondary N) is 1. The van der Waals surface area contributed by atoms with Gasteiger partial charge in [0, 0.05) is 11.8 Å². The van der Waals surface area contributed by atoms with Crippen LogP contribution >= 0.6 is 0 Å². The summed E-state index contributed by atoms with van der Waals surface area (Å²) < 4.78 is 9.84. The second-order valence-electron chi connectivity index (χ2n) is 4.51. The Morgan fingerprint density at radius 2 is 2.22 bits per heavy atom. The van der Waals surface area contributed by atoms with Crippen LogP contribution in [0.3, 0.4) is 0 Å². The Morgan fingerprint density at radius 3 is 2.83 bits per heavy atom. The average molecular weight is 318 g/mol. The first-order chi connectivity index (χ1) is 11.0. The van der Waals surface area contributed by atoms with Crippen LogP contribution in [0.2, 0.25) is 0 Å². The fraction of sp³-hybridized carbons (Fsp3) is 0.133. The third-order valence-electron chi connectivity index (χ3n) is 2.88.